The molecule has 0 atom stereocenters. The van der Waals surface area contributed by atoms with Crippen molar-refractivity contribution in [2.45, 2.75) is 12.8 Å². The van der Waals surface area contributed by atoms with Crippen molar-refractivity contribution in [3.8, 4) is 10.6 Å². The second-order valence-electron chi connectivity index (χ2n) is 4.14. The van der Waals surface area contributed by atoms with Gasteiger partial charge >= 0.3 is 5.63 Å². The first-order chi connectivity index (χ1) is 8.34. The maximum absolute atomic E-state index is 11.9. The minimum Gasteiger partial charge on any atom is -0.420 e. The van der Waals surface area contributed by atoms with Crippen LogP contribution in [0.25, 0.3) is 10.6 Å². The molecule has 0 radical (unpaired) electrons. The van der Waals surface area contributed by atoms with E-state index in [1.807, 2.05) is 29.6 Å². The lowest BCUT2D eigenvalue weighted by Gasteiger charge is -2.15. The molecule has 0 amide bonds. The summed E-state index contributed by atoms with van der Waals surface area (Å²) in [6.07, 6.45) is 2.32. The van der Waals surface area contributed by atoms with E-state index in [1.165, 1.54) is 0 Å². The smallest absolute Gasteiger partial charge is 0.360 e. The van der Waals surface area contributed by atoms with Crippen LogP contribution < -0.4 is 10.5 Å². The number of anilines is 1. The van der Waals surface area contributed by atoms with Crippen LogP contribution in [0.2, 0.25) is 0 Å². The zero-order valence-electron chi connectivity index (χ0n) is 9.39. The minimum absolute atomic E-state index is 0.224. The fourth-order valence-corrected chi connectivity index (χ4v) is 2.84. The molecule has 17 heavy (non-hydrogen) atoms. The molecule has 88 valence electrons. The van der Waals surface area contributed by atoms with Gasteiger partial charge in [-0.05, 0) is 36.4 Å². The Labute approximate surface area is 103 Å². The molecule has 1 aliphatic rings. The number of rotatable bonds is 2. The molecule has 0 unspecified atom stereocenters. The van der Waals surface area contributed by atoms with E-state index in [4.69, 9.17) is 4.42 Å². The van der Waals surface area contributed by atoms with E-state index in [0.717, 1.165) is 30.8 Å². The fraction of sp³-hybridized carbons (Fsp3) is 0.308. The van der Waals surface area contributed by atoms with Gasteiger partial charge in [0, 0.05) is 13.1 Å². The molecule has 3 heterocycles. The predicted molar refractivity (Wildman–Crippen MR) is 69.7 cm³/mol. The topological polar surface area (TPSA) is 33.5 Å². The molecule has 1 fully saturated rings. The maximum atomic E-state index is 11.9. The zero-order valence-corrected chi connectivity index (χ0v) is 10.2. The second kappa shape index (κ2) is 4.37. The number of hydrogen-bond donors (Lipinski definition) is 0. The summed E-state index contributed by atoms with van der Waals surface area (Å²) in [6.45, 7) is 1.92. The van der Waals surface area contributed by atoms with Crippen molar-refractivity contribution in [2.24, 2.45) is 0 Å². The Morgan fingerprint density at radius 1 is 1.18 bits per heavy atom. The Morgan fingerprint density at radius 2 is 2.00 bits per heavy atom. The van der Waals surface area contributed by atoms with E-state index in [0.29, 0.717) is 11.4 Å². The van der Waals surface area contributed by atoms with Crippen molar-refractivity contribution in [2.75, 3.05) is 18.0 Å². The number of nitrogens with zero attached hydrogens (tertiary/aromatic N) is 1. The summed E-state index contributed by atoms with van der Waals surface area (Å²) in [5.41, 5.74) is 0.473. The molecule has 0 bridgehead atoms. The van der Waals surface area contributed by atoms with Crippen LogP contribution in [0.3, 0.4) is 0 Å². The first kappa shape index (κ1) is 10.6. The van der Waals surface area contributed by atoms with Gasteiger partial charge in [0.15, 0.2) is 0 Å². The highest BCUT2D eigenvalue weighted by Crippen LogP contribution is 2.25. The Morgan fingerprint density at radius 3 is 2.65 bits per heavy atom. The van der Waals surface area contributed by atoms with Gasteiger partial charge in [-0.2, -0.15) is 0 Å². The minimum atomic E-state index is -0.224. The molecule has 4 heteroatoms. The van der Waals surface area contributed by atoms with Crippen LogP contribution in [-0.2, 0) is 0 Å². The third kappa shape index (κ3) is 2.00. The van der Waals surface area contributed by atoms with Gasteiger partial charge < -0.3 is 9.32 Å². The van der Waals surface area contributed by atoms with Crippen LogP contribution in [0, 0.1) is 0 Å². The van der Waals surface area contributed by atoms with Crippen LogP contribution in [0.15, 0.2) is 38.9 Å². The van der Waals surface area contributed by atoms with Gasteiger partial charge in [-0.25, -0.2) is 4.79 Å². The van der Waals surface area contributed by atoms with E-state index in [9.17, 15) is 4.79 Å². The molecule has 0 N–H and O–H groups in total. The average Bonchev–Trinajstić information content (AvgIpc) is 3.02. The molecule has 0 aromatic carbocycles. The van der Waals surface area contributed by atoms with Gasteiger partial charge in [-0.1, -0.05) is 6.07 Å². The van der Waals surface area contributed by atoms with Gasteiger partial charge in [0.25, 0.3) is 0 Å². The van der Waals surface area contributed by atoms with E-state index >= 15 is 0 Å². The maximum Gasteiger partial charge on any atom is 0.360 e. The normalized spacial score (nSPS) is 15.4. The van der Waals surface area contributed by atoms with Crippen molar-refractivity contribution >= 4 is 17.0 Å². The van der Waals surface area contributed by atoms with Crippen molar-refractivity contribution in [1.29, 1.82) is 0 Å². The average molecular weight is 247 g/mol. The van der Waals surface area contributed by atoms with E-state index in [2.05, 4.69) is 4.90 Å². The lowest BCUT2D eigenvalue weighted by Crippen LogP contribution is -2.23. The van der Waals surface area contributed by atoms with Crippen LogP contribution in [0.1, 0.15) is 12.8 Å². The highest BCUT2D eigenvalue weighted by atomic mass is 32.1. The molecule has 0 spiro atoms. The van der Waals surface area contributed by atoms with E-state index in [-0.39, 0.29) is 5.63 Å². The Hall–Kier alpha value is -1.55. The predicted octanol–water partition coefficient (Wildman–Crippen LogP) is 2.97. The lowest BCUT2D eigenvalue weighted by atomic mass is 10.3. The molecule has 2 aromatic heterocycles. The van der Waals surface area contributed by atoms with Gasteiger partial charge in [0.1, 0.15) is 11.4 Å². The van der Waals surface area contributed by atoms with Gasteiger partial charge in [0.2, 0.25) is 0 Å². The fourth-order valence-electron chi connectivity index (χ4n) is 2.15. The lowest BCUT2D eigenvalue weighted by molar-refractivity contribution is 0.526. The Kier molecular flexibility index (Phi) is 2.73. The molecule has 2 aromatic rings. The van der Waals surface area contributed by atoms with E-state index in [1.54, 1.807) is 11.3 Å². The summed E-state index contributed by atoms with van der Waals surface area (Å²) in [5.74, 6) is 0.660. The SMILES string of the molecule is O=c1oc(-c2cccs2)ccc1N1CCCC1. The number of thiophene rings is 1. The van der Waals surface area contributed by atoms with Crippen LogP contribution >= 0.6 is 11.3 Å². The Bertz CT molecular complexity index is 553. The zero-order chi connectivity index (χ0) is 11.7. The van der Waals surface area contributed by atoms with E-state index < -0.39 is 0 Å². The molecule has 3 rings (SSSR count). The third-order valence-corrected chi connectivity index (χ3v) is 3.90. The molecular formula is C13H13NO2S. The molecule has 1 saturated heterocycles. The summed E-state index contributed by atoms with van der Waals surface area (Å²) < 4.78 is 5.38. The first-order valence-electron chi connectivity index (χ1n) is 5.77. The standard InChI is InChI=1S/C13H13NO2S/c15-13-10(14-7-1-2-8-14)5-6-11(16-13)12-4-3-9-17-12/h3-6,9H,1-2,7-8H2. The Balaban J connectivity index is 1.97. The molecular weight excluding hydrogens is 234 g/mol. The third-order valence-electron chi connectivity index (χ3n) is 3.02. The summed E-state index contributed by atoms with van der Waals surface area (Å²) in [7, 11) is 0. The monoisotopic (exact) mass is 247 g/mol. The molecule has 3 nitrogen and oxygen atoms in total. The van der Waals surface area contributed by atoms with Crippen molar-refractivity contribution in [1.82, 2.24) is 0 Å². The summed E-state index contributed by atoms with van der Waals surface area (Å²) >= 11 is 1.58. The highest BCUT2D eigenvalue weighted by molar-refractivity contribution is 7.13. The van der Waals surface area contributed by atoms with Gasteiger partial charge in [0.05, 0.1) is 4.88 Å². The molecule has 0 aliphatic carbocycles. The summed E-state index contributed by atoms with van der Waals surface area (Å²) in [6, 6.07) is 7.68. The summed E-state index contributed by atoms with van der Waals surface area (Å²) in [5, 5.41) is 1.98. The van der Waals surface area contributed by atoms with Gasteiger partial charge in [-0.15, -0.1) is 11.3 Å². The van der Waals surface area contributed by atoms with Crippen LogP contribution in [0.5, 0.6) is 0 Å². The van der Waals surface area contributed by atoms with Gasteiger partial charge in [-0.3, -0.25) is 0 Å². The summed E-state index contributed by atoms with van der Waals surface area (Å²) in [4.78, 5) is 15.0. The second-order valence-corrected chi connectivity index (χ2v) is 5.09. The van der Waals surface area contributed by atoms with Crippen LogP contribution in [-0.4, -0.2) is 13.1 Å². The first-order valence-corrected chi connectivity index (χ1v) is 6.65. The number of hydrogen-bond acceptors (Lipinski definition) is 4. The quantitative estimate of drug-likeness (QED) is 0.818. The van der Waals surface area contributed by atoms with Crippen molar-refractivity contribution in [3.63, 3.8) is 0 Å². The molecule has 0 saturated carbocycles. The van der Waals surface area contributed by atoms with Crippen molar-refractivity contribution < 1.29 is 4.42 Å². The molecule has 1 aliphatic heterocycles. The highest BCUT2D eigenvalue weighted by Gasteiger charge is 2.16. The van der Waals surface area contributed by atoms with Crippen molar-refractivity contribution in [3.05, 3.63) is 40.1 Å². The largest absolute Gasteiger partial charge is 0.420 e. The van der Waals surface area contributed by atoms with Crippen LogP contribution in [0.4, 0.5) is 5.69 Å².